The molecule has 0 radical (unpaired) electrons. The Morgan fingerprint density at radius 2 is 1.68 bits per heavy atom. The van der Waals surface area contributed by atoms with Crippen LogP contribution < -0.4 is 15.8 Å². The van der Waals surface area contributed by atoms with E-state index < -0.39 is 15.8 Å². The molecular formula is C23H24FN5O4S. The van der Waals surface area contributed by atoms with Crippen molar-refractivity contribution < 1.29 is 17.6 Å². The first-order chi connectivity index (χ1) is 16.1. The lowest BCUT2D eigenvalue weighted by Gasteiger charge is -2.35. The highest BCUT2D eigenvalue weighted by atomic mass is 32.2. The number of piperazine rings is 1. The smallest absolute Gasteiger partial charge is 0.271 e. The second-order valence-electron chi connectivity index (χ2n) is 7.99. The summed E-state index contributed by atoms with van der Waals surface area (Å²) in [5, 5.41) is 6.98. The number of aryl methyl sites for hydroxylation is 1. The molecule has 4 rings (SSSR count). The number of carbonyl (C=O) groups is 1. The molecule has 9 nitrogen and oxygen atoms in total. The molecule has 0 saturated carbocycles. The van der Waals surface area contributed by atoms with E-state index in [-0.39, 0.29) is 35.1 Å². The van der Waals surface area contributed by atoms with Gasteiger partial charge in [0.15, 0.2) is 0 Å². The Morgan fingerprint density at radius 1 is 1.00 bits per heavy atom. The zero-order valence-corrected chi connectivity index (χ0v) is 19.5. The molecule has 34 heavy (non-hydrogen) atoms. The van der Waals surface area contributed by atoms with E-state index in [0.29, 0.717) is 24.6 Å². The predicted octanol–water partition coefficient (Wildman–Crippen LogP) is 2.15. The number of carbonyl (C=O) groups excluding carboxylic acids is 1. The molecule has 0 bridgehead atoms. The normalized spacial score (nSPS) is 14.7. The zero-order valence-electron chi connectivity index (χ0n) is 18.7. The maximum Gasteiger partial charge on any atom is 0.271 e. The molecule has 0 unspecified atom stereocenters. The lowest BCUT2D eigenvalue weighted by molar-refractivity contribution is -0.114. The van der Waals surface area contributed by atoms with Gasteiger partial charge in [0.05, 0.1) is 11.4 Å². The van der Waals surface area contributed by atoms with Crippen LogP contribution in [0.4, 0.5) is 15.9 Å². The molecule has 1 saturated heterocycles. The topological polar surface area (TPSA) is 105 Å². The molecule has 2 heterocycles. The van der Waals surface area contributed by atoms with Crippen molar-refractivity contribution in [1.82, 2.24) is 14.1 Å². The third-order valence-corrected chi connectivity index (χ3v) is 7.42. The third-order valence-electron chi connectivity index (χ3n) is 5.49. The summed E-state index contributed by atoms with van der Waals surface area (Å²) in [6.07, 6.45) is 0. The Hall–Kier alpha value is -3.57. The van der Waals surface area contributed by atoms with Gasteiger partial charge < -0.3 is 10.2 Å². The minimum atomic E-state index is -3.85. The maximum absolute atomic E-state index is 13.4. The Bertz CT molecular complexity index is 1380. The third kappa shape index (κ3) is 4.85. The fraction of sp³-hybridized carbons (Fsp3) is 0.261. The van der Waals surface area contributed by atoms with Crippen LogP contribution in [-0.4, -0.2) is 54.6 Å². The first-order valence-corrected chi connectivity index (χ1v) is 12.1. The van der Waals surface area contributed by atoms with Crippen LogP contribution in [0.15, 0.2) is 64.3 Å². The summed E-state index contributed by atoms with van der Waals surface area (Å²) in [4.78, 5) is 25.8. The number of aromatic nitrogens is 2. The van der Waals surface area contributed by atoms with Gasteiger partial charge in [-0.05, 0) is 55.0 Å². The van der Waals surface area contributed by atoms with E-state index in [1.165, 1.54) is 46.2 Å². The standard InChI is InChI=1S/C23H24FN5O4S/c1-16-3-8-20(25-17(2)30)21(15-16)34(32,33)28-13-11-27(12-14-28)22-9-10-23(31)29(26-22)19-6-4-18(24)5-7-19/h3-10,15H,11-14H2,1-2H3,(H,25,30). The zero-order chi connectivity index (χ0) is 24.5. The predicted molar refractivity (Wildman–Crippen MR) is 126 cm³/mol. The van der Waals surface area contributed by atoms with E-state index in [1.807, 2.05) is 4.90 Å². The molecular weight excluding hydrogens is 461 g/mol. The monoisotopic (exact) mass is 485 g/mol. The number of sulfonamides is 1. The number of halogens is 1. The maximum atomic E-state index is 13.4. The average Bonchev–Trinajstić information content (AvgIpc) is 2.81. The number of amides is 1. The van der Waals surface area contributed by atoms with Crippen molar-refractivity contribution in [2.75, 3.05) is 36.4 Å². The van der Waals surface area contributed by atoms with E-state index in [9.17, 15) is 22.4 Å². The van der Waals surface area contributed by atoms with Gasteiger partial charge in [-0.25, -0.2) is 12.8 Å². The quantitative estimate of drug-likeness (QED) is 0.594. The number of rotatable bonds is 5. The van der Waals surface area contributed by atoms with Gasteiger partial charge in [-0.2, -0.15) is 8.99 Å². The van der Waals surface area contributed by atoms with Gasteiger partial charge in [-0.3, -0.25) is 9.59 Å². The summed E-state index contributed by atoms with van der Waals surface area (Å²) in [5.74, 6) is -0.261. The van der Waals surface area contributed by atoms with Crippen LogP contribution in [0, 0.1) is 12.7 Å². The Balaban J connectivity index is 1.55. The van der Waals surface area contributed by atoms with Crippen LogP contribution >= 0.6 is 0 Å². The average molecular weight is 486 g/mol. The Labute approximate surface area is 196 Å². The number of hydrogen-bond donors (Lipinski definition) is 1. The van der Waals surface area contributed by atoms with Gasteiger partial charge in [-0.1, -0.05) is 6.07 Å². The Kier molecular flexibility index (Phi) is 6.49. The lowest BCUT2D eigenvalue weighted by Crippen LogP contribution is -2.49. The van der Waals surface area contributed by atoms with E-state index >= 15 is 0 Å². The van der Waals surface area contributed by atoms with E-state index in [4.69, 9.17) is 0 Å². The van der Waals surface area contributed by atoms with Gasteiger partial charge in [0.1, 0.15) is 16.5 Å². The summed E-state index contributed by atoms with van der Waals surface area (Å²) in [6.45, 7) is 4.23. The van der Waals surface area contributed by atoms with Crippen LogP contribution in [0.5, 0.6) is 0 Å². The summed E-state index contributed by atoms with van der Waals surface area (Å²) in [7, 11) is -3.85. The Morgan fingerprint density at radius 3 is 2.32 bits per heavy atom. The number of nitrogens with one attached hydrogen (secondary N) is 1. The van der Waals surface area contributed by atoms with Gasteiger partial charge >= 0.3 is 0 Å². The molecule has 2 aromatic carbocycles. The van der Waals surface area contributed by atoms with E-state index in [0.717, 1.165) is 5.56 Å². The molecule has 1 fully saturated rings. The molecule has 0 aliphatic carbocycles. The van der Waals surface area contributed by atoms with Crippen LogP contribution in [0.1, 0.15) is 12.5 Å². The number of benzene rings is 2. The highest BCUT2D eigenvalue weighted by molar-refractivity contribution is 7.89. The van der Waals surface area contributed by atoms with Crippen molar-refractivity contribution in [2.24, 2.45) is 0 Å². The van der Waals surface area contributed by atoms with Crippen LogP contribution in [-0.2, 0) is 14.8 Å². The molecule has 1 amide bonds. The molecule has 1 aromatic heterocycles. The minimum Gasteiger partial charge on any atom is -0.353 e. The largest absolute Gasteiger partial charge is 0.353 e. The van der Waals surface area contributed by atoms with Gasteiger partial charge in [-0.15, -0.1) is 5.10 Å². The van der Waals surface area contributed by atoms with Gasteiger partial charge in [0, 0.05) is 39.2 Å². The number of nitrogens with zero attached hydrogens (tertiary/aromatic N) is 4. The number of hydrogen-bond acceptors (Lipinski definition) is 6. The number of anilines is 2. The molecule has 1 N–H and O–H groups in total. The molecule has 0 atom stereocenters. The summed E-state index contributed by atoms with van der Waals surface area (Å²) in [6, 6.07) is 13.3. The van der Waals surface area contributed by atoms with E-state index in [1.54, 1.807) is 31.2 Å². The minimum absolute atomic E-state index is 0.0548. The summed E-state index contributed by atoms with van der Waals surface area (Å²) in [5.41, 5.74) is 1.08. The van der Waals surface area contributed by atoms with Crippen molar-refractivity contribution in [3.63, 3.8) is 0 Å². The first kappa shape index (κ1) is 23.6. The molecule has 1 aliphatic heterocycles. The molecule has 11 heteroatoms. The van der Waals surface area contributed by atoms with Crippen LogP contribution in [0.25, 0.3) is 5.69 Å². The van der Waals surface area contributed by atoms with E-state index in [2.05, 4.69) is 10.4 Å². The van der Waals surface area contributed by atoms with Crippen molar-refractivity contribution in [1.29, 1.82) is 0 Å². The summed E-state index contributed by atoms with van der Waals surface area (Å²) >= 11 is 0. The highest BCUT2D eigenvalue weighted by Gasteiger charge is 2.31. The van der Waals surface area contributed by atoms with Crippen molar-refractivity contribution >= 4 is 27.4 Å². The first-order valence-electron chi connectivity index (χ1n) is 10.6. The second kappa shape index (κ2) is 9.35. The fourth-order valence-electron chi connectivity index (χ4n) is 3.77. The van der Waals surface area contributed by atoms with Crippen LogP contribution in [0.3, 0.4) is 0 Å². The van der Waals surface area contributed by atoms with Crippen molar-refractivity contribution in [3.8, 4) is 5.69 Å². The summed E-state index contributed by atoms with van der Waals surface area (Å²) < 4.78 is 42.5. The second-order valence-corrected chi connectivity index (χ2v) is 9.90. The van der Waals surface area contributed by atoms with Crippen molar-refractivity contribution in [2.45, 2.75) is 18.7 Å². The molecule has 1 aliphatic rings. The van der Waals surface area contributed by atoms with Crippen molar-refractivity contribution in [3.05, 3.63) is 76.3 Å². The van der Waals surface area contributed by atoms with Gasteiger partial charge in [0.2, 0.25) is 15.9 Å². The lowest BCUT2D eigenvalue weighted by atomic mass is 10.2. The fourth-order valence-corrected chi connectivity index (χ4v) is 5.42. The van der Waals surface area contributed by atoms with Gasteiger partial charge in [0.25, 0.3) is 5.56 Å². The molecule has 0 spiro atoms. The highest BCUT2D eigenvalue weighted by Crippen LogP contribution is 2.27. The molecule has 178 valence electrons. The SMILES string of the molecule is CC(=O)Nc1ccc(C)cc1S(=O)(=O)N1CCN(c2ccc(=O)n(-c3ccc(F)cc3)n2)CC1. The molecule has 3 aromatic rings. The van der Waals surface area contributed by atoms with Crippen LogP contribution in [0.2, 0.25) is 0 Å².